The zero-order valence-corrected chi connectivity index (χ0v) is 11.7. The molecule has 0 N–H and O–H groups in total. The first-order chi connectivity index (χ1) is 8.79. The quantitative estimate of drug-likeness (QED) is 0.462. The minimum absolute atomic E-state index is 0.332. The maximum absolute atomic E-state index is 11.5. The van der Waals surface area contributed by atoms with Crippen LogP contribution in [0.25, 0.3) is 0 Å². The van der Waals surface area contributed by atoms with Crippen LogP contribution in [-0.4, -0.2) is 24.6 Å². The van der Waals surface area contributed by atoms with E-state index in [9.17, 15) is 4.79 Å². The molecular weight excluding hydrogens is 244 g/mol. The SMILES string of the molecule is CCSCCCC#Cc1ccccc1C(=O)OC. The van der Waals surface area contributed by atoms with E-state index in [2.05, 4.69) is 18.8 Å². The first kappa shape index (κ1) is 14.7. The minimum atomic E-state index is -0.332. The smallest absolute Gasteiger partial charge is 0.339 e. The zero-order valence-electron chi connectivity index (χ0n) is 10.9. The maximum atomic E-state index is 11.5. The van der Waals surface area contributed by atoms with E-state index in [1.807, 2.05) is 30.0 Å². The molecule has 0 atom stereocenters. The topological polar surface area (TPSA) is 26.3 Å². The van der Waals surface area contributed by atoms with Crippen molar-refractivity contribution in [2.75, 3.05) is 18.6 Å². The molecule has 96 valence electrons. The number of thioether (sulfide) groups is 1. The lowest BCUT2D eigenvalue weighted by Crippen LogP contribution is -2.03. The number of carbonyl (C=O) groups is 1. The Morgan fingerprint density at radius 2 is 2.17 bits per heavy atom. The largest absolute Gasteiger partial charge is 0.465 e. The molecule has 2 nitrogen and oxygen atoms in total. The zero-order chi connectivity index (χ0) is 13.2. The van der Waals surface area contributed by atoms with Crippen molar-refractivity contribution in [3.8, 4) is 11.8 Å². The lowest BCUT2D eigenvalue weighted by molar-refractivity contribution is 0.0600. The number of rotatable bonds is 5. The molecule has 18 heavy (non-hydrogen) atoms. The van der Waals surface area contributed by atoms with Gasteiger partial charge in [0.1, 0.15) is 0 Å². The highest BCUT2D eigenvalue weighted by molar-refractivity contribution is 7.99. The van der Waals surface area contributed by atoms with E-state index >= 15 is 0 Å². The summed E-state index contributed by atoms with van der Waals surface area (Å²) >= 11 is 1.92. The Balaban J connectivity index is 2.61. The predicted octanol–water partition coefficient (Wildman–Crippen LogP) is 3.36. The van der Waals surface area contributed by atoms with Crippen molar-refractivity contribution in [1.29, 1.82) is 0 Å². The van der Waals surface area contributed by atoms with Crippen LogP contribution >= 0.6 is 11.8 Å². The second-order valence-electron chi connectivity index (χ2n) is 3.64. The third-order valence-corrected chi connectivity index (χ3v) is 3.34. The van der Waals surface area contributed by atoms with E-state index in [-0.39, 0.29) is 5.97 Å². The molecule has 0 aliphatic carbocycles. The van der Waals surface area contributed by atoms with Crippen molar-refractivity contribution in [3.63, 3.8) is 0 Å². The van der Waals surface area contributed by atoms with Gasteiger partial charge in [0.2, 0.25) is 0 Å². The fourth-order valence-electron chi connectivity index (χ4n) is 1.44. The molecule has 0 unspecified atom stereocenters. The van der Waals surface area contributed by atoms with Crippen LogP contribution in [0.2, 0.25) is 0 Å². The molecule has 0 heterocycles. The standard InChI is InChI=1S/C15H18O2S/c1-3-18-12-8-4-5-9-13-10-6-7-11-14(13)15(16)17-2/h6-7,10-11H,3-4,8,12H2,1-2H3. The van der Waals surface area contributed by atoms with Gasteiger partial charge in [0, 0.05) is 12.0 Å². The second kappa shape index (κ2) is 8.66. The van der Waals surface area contributed by atoms with Crippen LogP contribution in [0.5, 0.6) is 0 Å². The van der Waals surface area contributed by atoms with Gasteiger partial charge >= 0.3 is 5.97 Å². The molecule has 0 amide bonds. The van der Waals surface area contributed by atoms with E-state index in [0.29, 0.717) is 5.56 Å². The van der Waals surface area contributed by atoms with Crippen LogP contribution in [0, 0.1) is 11.8 Å². The average molecular weight is 262 g/mol. The Hall–Kier alpha value is -1.40. The van der Waals surface area contributed by atoms with E-state index in [0.717, 1.165) is 29.9 Å². The van der Waals surface area contributed by atoms with Gasteiger partial charge in [-0.1, -0.05) is 30.9 Å². The van der Waals surface area contributed by atoms with E-state index in [4.69, 9.17) is 4.74 Å². The fraction of sp³-hybridized carbons (Fsp3) is 0.400. The third-order valence-electron chi connectivity index (χ3n) is 2.35. The maximum Gasteiger partial charge on any atom is 0.339 e. The third kappa shape index (κ3) is 4.85. The summed E-state index contributed by atoms with van der Waals surface area (Å²) in [4.78, 5) is 11.5. The summed E-state index contributed by atoms with van der Waals surface area (Å²) in [6.45, 7) is 2.16. The highest BCUT2D eigenvalue weighted by atomic mass is 32.2. The molecule has 0 fully saturated rings. The molecule has 0 bridgehead atoms. The first-order valence-electron chi connectivity index (χ1n) is 6.03. The van der Waals surface area contributed by atoms with Crippen LogP contribution in [0.4, 0.5) is 0 Å². The minimum Gasteiger partial charge on any atom is -0.465 e. The Morgan fingerprint density at radius 3 is 2.89 bits per heavy atom. The molecule has 1 rings (SSSR count). The van der Waals surface area contributed by atoms with Crippen molar-refractivity contribution >= 4 is 17.7 Å². The number of ether oxygens (including phenoxy) is 1. The summed E-state index contributed by atoms with van der Waals surface area (Å²) in [5.74, 6) is 8.12. The highest BCUT2D eigenvalue weighted by Gasteiger charge is 2.08. The van der Waals surface area contributed by atoms with Crippen molar-refractivity contribution < 1.29 is 9.53 Å². The Morgan fingerprint density at radius 1 is 1.39 bits per heavy atom. The molecule has 0 spiro atoms. The van der Waals surface area contributed by atoms with Crippen molar-refractivity contribution in [1.82, 2.24) is 0 Å². The second-order valence-corrected chi connectivity index (χ2v) is 5.03. The molecule has 1 aromatic rings. The summed E-state index contributed by atoms with van der Waals surface area (Å²) < 4.78 is 4.73. The van der Waals surface area contributed by atoms with Gasteiger partial charge < -0.3 is 4.74 Å². The van der Waals surface area contributed by atoms with Gasteiger partial charge in [0.15, 0.2) is 0 Å². The van der Waals surface area contributed by atoms with Gasteiger partial charge in [0.25, 0.3) is 0 Å². The number of methoxy groups -OCH3 is 1. The number of benzene rings is 1. The van der Waals surface area contributed by atoms with Gasteiger partial charge in [0.05, 0.1) is 12.7 Å². The summed E-state index contributed by atoms with van der Waals surface area (Å²) in [7, 11) is 1.38. The Kier molecular flexibility index (Phi) is 7.05. The van der Waals surface area contributed by atoms with Crippen LogP contribution in [0.15, 0.2) is 24.3 Å². The monoisotopic (exact) mass is 262 g/mol. The summed E-state index contributed by atoms with van der Waals surface area (Å²) in [5.41, 5.74) is 1.28. The van der Waals surface area contributed by atoms with Gasteiger partial charge in [-0.3, -0.25) is 0 Å². The number of unbranched alkanes of at least 4 members (excludes halogenated alkanes) is 1. The van der Waals surface area contributed by atoms with E-state index < -0.39 is 0 Å². The number of carbonyl (C=O) groups excluding carboxylic acids is 1. The van der Waals surface area contributed by atoms with E-state index in [1.54, 1.807) is 6.07 Å². The predicted molar refractivity (Wildman–Crippen MR) is 76.9 cm³/mol. The first-order valence-corrected chi connectivity index (χ1v) is 7.19. The number of hydrogen-bond donors (Lipinski definition) is 0. The van der Waals surface area contributed by atoms with Gasteiger partial charge in [-0.2, -0.15) is 11.8 Å². The summed E-state index contributed by atoms with van der Waals surface area (Å²) in [5, 5.41) is 0. The van der Waals surface area contributed by atoms with Gasteiger partial charge in [-0.25, -0.2) is 4.79 Å². The van der Waals surface area contributed by atoms with Crippen molar-refractivity contribution in [2.45, 2.75) is 19.8 Å². The van der Waals surface area contributed by atoms with Crippen LogP contribution < -0.4 is 0 Å². The normalized spacial score (nSPS) is 9.44. The molecule has 1 aromatic carbocycles. The fourth-order valence-corrected chi connectivity index (χ4v) is 2.08. The molecular formula is C15H18O2S. The van der Waals surface area contributed by atoms with Crippen LogP contribution in [0.1, 0.15) is 35.7 Å². The molecule has 0 aliphatic rings. The number of hydrogen-bond acceptors (Lipinski definition) is 3. The van der Waals surface area contributed by atoms with Crippen LogP contribution in [0.3, 0.4) is 0 Å². The Bertz CT molecular complexity index is 443. The molecule has 0 saturated heterocycles. The van der Waals surface area contributed by atoms with Crippen molar-refractivity contribution in [3.05, 3.63) is 35.4 Å². The lowest BCUT2D eigenvalue weighted by Gasteiger charge is -2.01. The Labute approximate surface area is 113 Å². The summed E-state index contributed by atoms with van der Waals surface area (Å²) in [6.07, 6.45) is 1.95. The molecule has 0 aliphatic heterocycles. The number of esters is 1. The molecule has 0 saturated carbocycles. The van der Waals surface area contributed by atoms with Crippen molar-refractivity contribution in [2.24, 2.45) is 0 Å². The molecule has 3 heteroatoms. The van der Waals surface area contributed by atoms with Crippen LogP contribution in [-0.2, 0) is 4.74 Å². The lowest BCUT2D eigenvalue weighted by atomic mass is 10.1. The van der Waals surface area contributed by atoms with E-state index in [1.165, 1.54) is 7.11 Å². The molecule has 0 aromatic heterocycles. The average Bonchev–Trinajstić information content (AvgIpc) is 2.42. The molecule has 0 radical (unpaired) electrons. The van der Waals surface area contributed by atoms with Gasteiger partial charge in [-0.05, 0) is 30.1 Å². The van der Waals surface area contributed by atoms with Gasteiger partial charge in [-0.15, -0.1) is 0 Å². The summed E-state index contributed by atoms with van der Waals surface area (Å²) in [6, 6.07) is 7.28. The highest BCUT2D eigenvalue weighted by Crippen LogP contribution is 2.09.